The van der Waals surface area contributed by atoms with E-state index in [0.717, 1.165) is 19.3 Å². The lowest BCUT2D eigenvalue weighted by Crippen LogP contribution is -2.34. The number of likely N-dealkylation sites (N-methyl/N-ethyl adjacent to an activating group) is 1. The first kappa shape index (κ1) is 18.9. The van der Waals surface area contributed by atoms with Crippen LogP contribution in [0.1, 0.15) is 49.6 Å². The smallest absolute Gasteiger partial charge is 0.320 e. The van der Waals surface area contributed by atoms with Crippen molar-refractivity contribution in [2.75, 3.05) is 20.3 Å². The minimum Gasteiger partial charge on any atom is -0.480 e. The molecule has 1 aliphatic rings. The van der Waals surface area contributed by atoms with Crippen LogP contribution >= 0.6 is 0 Å². The standard InChI is InChI=1S/C19H30N2O3/c1-14(13-24-12-11-18(20-2)19(22)23)7-9-16-10-8-15-5-3-4-6-17(15)21-16/h8,10,14,18,20H,3-7,9,11-13H2,1-2H3,(H,22,23). The zero-order valence-corrected chi connectivity index (χ0v) is 14.9. The Morgan fingerprint density at radius 3 is 2.88 bits per heavy atom. The molecule has 5 heteroatoms. The van der Waals surface area contributed by atoms with E-state index in [4.69, 9.17) is 14.8 Å². The van der Waals surface area contributed by atoms with Gasteiger partial charge in [0.15, 0.2) is 0 Å². The Hall–Kier alpha value is -1.46. The molecule has 0 fully saturated rings. The fourth-order valence-electron chi connectivity index (χ4n) is 3.12. The summed E-state index contributed by atoms with van der Waals surface area (Å²) in [4.78, 5) is 15.7. The summed E-state index contributed by atoms with van der Waals surface area (Å²) in [5, 5.41) is 11.7. The molecule has 0 radical (unpaired) electrons. The van der Waals surface area contributed by atoms with Gasteiger partial charge in [0, 0.05) is 24.6 Å². The lowest BCUT2D eigenvalue weighted by Gasteiger charge is -2.17. The first-order chi connectivity index (χ1) is 11.6. The van der Waals surface area contributed by atoms with Crippen LogP contribution in [0.3, 0.4) is 0 Å². The number of aryl methyl sites for hydroxylation is 3. The first-order valence-corrected chi connectivity index (χ1v) is 9.05. The van der Waals surface area contributed by atoms with Crippen LogP contribution in [-0.2, 0) is 28.8 Å². The Bertz CT molecular complexity index is 533. The number of carboxylic acids is 1. The Morgan fingerprint density at radius 1 is 1.33 bits per heavy atom. The maximum Gasteiger partial charge on any atom is 0.320 e. The van der Waals surface area contributed by atoms with Gasteiger partial charge in [-0.25, -0.2) is 0 Å². The fourth-order valence-corrected chi connectivity index (χ4v) is 3.12. The van der Waals surface area contributed by atoms with Gasteiger partial charge in [-0.15, -0.1) is 0 Å². The number of aliphatic carboxylic acids is 1. The van der Waals surface area contributed by atoms with Crippen LogP contribution in [0, 0.1) is 5.92 Å². The molecule has 0 aliphatic heterocycles. The van der Waals surface area contributed by atoms with Crippen molar-refractivity contribution in [2.45, 2.75) is 57.9 Å². The third-order valence-corrected chi connectivity index (χ3v) is 4.73. The minimum absolute atomic E-state index is 0.445. The van der Waals surface area contributed by atoms with Crippen LogP contribution in [0.25, 0.3) is 0 Å². The maximum atomic E-state index is 10.9. The fraction of sp³-hybridized carbons (Fsp3) is 0.684. The van der Waals surface area contributed by atoms with E-state index >= 15 is 0 Å². The molecule has 2 atom stereocenters. The second kappa shape index (κ2) is 9.74. The monoisotopic (exact) mass is 334 g/mol. The molecule has 2 rings (SSSR count). The molecule has 1 aromatic rings. The van der Waals surface area contributed by atoms with Crippen LogP contribution in [-0.4, -0.2) is 42.4 Å². The lowest BCUT2D eigenvalue weighted by atomic mass is 9.95. The third-order valence-electron chi connectivity index (χ3n) is 4.73. The van der Waals surface area contributed by atoms with Crippen molar-refractivity contribution in [3.05, 3.63) is 29.1 Å². The highest BCUT2D eigenvalue weighted by atomic mass is 16.5. The number of nitrogens with zero attached hydrogens (tertiary/aromatic N) is 1. The molecule has 134 valence electrons. The van der Waals surface area contributed by atoms with Crippen LogP contribution in [0.2, 0.25) is 0 Å². The molecular weight excluding hydrogens is 304 g/mol. The van der Waals surface area contributed by atoms with Gasteiger partial charge >= 0.3 is 5.97 Å². The van der Waals surface area contributed by atoms with Gasteiger partial charge in [-0.05, 0) is 69.5 Å². The van der Waals surface area contributed by atoms with Gasteiger partial charge in [-0.2, -0.15) is 0 Å². The number of rotatable bonds is 10. The SMILES string of the molecule is CNC(CCOCC(C)CCc1ccc2c(n1)CCCC2)C(=O)O. The van der Waals surface area contributed by atoms with E-state index in [0.29, 0.717) is 25.6 Å². The number of carboxylic acid groups (broad SMARTS) is 1. The van der Waals surface area contributed by atoms with Crippen molar-refractivity contribution in [2.24, 2.45) is 5.92 Å². The van der Waals surface area contributed by atoms with Crippen molar-refractivity contribution in [1.29, 1.82) is 0 Å². The minimum atomic E-state index is -0.826. The number of ether oxygens (including phenoxy) is 1. The van der Waals surface area contributed by atoms with Crippen molar-refractivity contribution < 1.29 is 14.6 Å². The van der Waals surface area contributed by atoms with E-state index in [1.54, 1.807) is 7.05 Å². The Kier molecular flexibility index (Phi) is 7.66. The molecular formula is C19H30N2O3. The zero-order chi connectivity index (χ0) is 17.4. The third kappa shape index (κ3) is 5.87. The second-order valence-corrected chi connectivity index (χ2v) is 6.80. The number of aromatic nitrogens is 1. The summed E-state index contributed by atoms with van der Waals surface area (Å²) in [6.45, 7) is 3.31. The molecule has 5 nitrogen and oxygen atoms in total. The molecule has 0 bridgehead atoms. The van der Waals surface area contributed by atoms with Gasteiger partial charge in [0.1, 0.15) is 6.04 Å². The van der Waals surface area contributed by atoms with E-state index in [1.807, 2.05) is 0 Å². The lowest BCUT2D eigenvalue weighted by molar-refractivity contribution is -0.139. The Balaban J connectivity index is 1.66. The van der Waals surface area contributed by atoms with Crippen LogP contribution in [0.15, 0.2) is 12.1 Å². The number of hydrogen-bond donors (Lipinski definition) is 2. The summed E-state index contributed by atoms with van der Waals surface area (Å²) in [7, 11) is 1.66. The van der Waals surface area contributed by atoms with Crippen molar-refractivity contribution in [3.8, 4) is 0 Å². The van der Waals surface area contributed by atoms with E-state index < -0.39 is 12.0 Å². The highest BCUT2D eigenvalue weighted by Gasteiger charge is 2.15. The number of nitrogens with one attached hydrogen (secondary N) is 1. The van der Waals surface area contributed by atoms with E-state index in [9.17, 15) is 4.79 Å². The van der Waals surface area contributed by atoms with Crippen molar-refractivity contribution in [3.63, 3.8) is 0 Å². The predicted octanol–water partition coefficient (Wildman–Crippen LogP) is 2.61. The molecule has 1 aromatic heterocycles. The summed E-state index contributed by atoms with van der Waals surface area (Å²) >= 11 is 0. The number of pyridine rings is 1. The maximum absolute atomic E-state index is 10.9. The number of hydrogen-bond acceptors (Lipinski definition) is 4. The van der Waals surface area contributed by atoms with Gasteiger partial charge in [0.2, 0.25) is 0 Å². The molecule has 24 heavy (non-hydrogen) atoms. The summed E-state index contributed by atoms with van der Waals surface area (Å²) in [5.74, 6) is -0.381. The normalized spacial score (nSPS) is 16.4. The molecule has 2 N–H and O–H groups in total. The number of carbonyl (C=O) groups is 1. The van der Waals surface area contributed by atoms with Crippen LogP contribution < -0.4 is 5.32 Å². The van der Waals surface area contributed by atoms with Gasteiger partial charge in [0.25, 0.3) is 0 Å². The molecule has 0 saturated heterocycles. The summed E-state index contributed by atoms with van der Waals surface area (Å²) in [6, 6.07) is 3.89. The van der Waals surface area contributed by atoms with Crippen molar-refractivity contribution >= 4 is 5.97 Å². The van der Waals surface area contributed by atoms with Gasteiger partial charge in [-0.1, -0.05) is 13.0 Å². The van der Waals surface area contributed by atoms with Crippen LogP contribution in [0.4, 0.5) is 0 Å². The molecule has 0 aromatic carbocycles. The topological polar surface area (TPSA) is 71.5 Å². The quantitative estimate of drug-likeness (QED) is 0.644. The predicted molar refractivity (Wildman–Crippen MR) is 94.3 cm³/mol. The molecule has 0 saturated carbocycles. The Labute approximate surface area is 144 Å². The molecule has 0 spiro atoms. The van der Waals surface area contributed by atoms with Crippen LogP contribution in [0.5, 0.6) is 0 Å². The highest BCUT2D eigenvalue weighted by Crippen LogP contribution is 2.20. The molecule has 1 aliphatic carbocycles. The largest absolute Gasteiger partial charge is 0.480 e. The van der Waals surface area contributed by atoms with E-state index in [2.05, 4.69) is 24.4 Å². The second-order valence-electron chi connectivity index (χ2n) is 6.80. The van der Waals surface area contributed by atoms with Gasteiger partial charge < -0.3 is 15.2 Å². The summed E-state index contributed by atoms with van der Waals surface area (Å²) in [5.41, 5.74) is 3.91. The van der Waals surface area contributed by atoms with Gasteiger partial charge in [0.05, 0.1) is 0 Å². The Morgan fingerprint density at radius 2 is 2.12 bits per heavy atom. The molecule has 1 heterocycles. The van der Waals surface area contributed by atoms with E-state index in [-0.39, 0.29) is 0 Å². The summed E-state index contributed by atoms with van der Waals surface area (Å²) < 4.78 is 5.63. The molecule has 2 unspecified atom stereocenters. The first-order valence-electron chi connectivity index (χ1n) is 9.05. The highest BCUT2D eigenvalue weighted by molar-refractivity contribution is 5.73. The number of fused-ring (bicyclic) bond motifs is 1. The average molecular weight is 334 g/mol. The summed E-state index contributed by atoms with van der Waals surface area (Å²) in [6.07, 6.45) is 7.36. The van der Waals surface area contributed by atoms with Gasteiger partial charge in [-0.3, -0.25) is 9.78 Å². The van der Waals surface area contributed by atoms with E-state index in [1.165, 1.54) is 36.2 Å². The van der Waals surface area contributed by atoms with Crippen molar-refractivity contribution in [1.82, 2.24) is 10.3 Å². The zero-order valence-electron chi connectivity index (χ0n) is 14.9. The average Bonchev–Trinajstić information content (AvgIpc) is 2.59. The molecule has 0 amide bonds.